The summed E-state index contributed by atoms with van der Waals surface area (Å²) in [6.45, 7) is 9.04. The monoisotopic (exact) mass is 371 g/mol. The normalized spacial score (nSPS) is 12.8. The maximum absolute atomic E-state index is 3.68. The number of rotatable bonds is 11. The molecule has 0 aliphatic heterocycles. The molecular formula is C18H30BrNS. The van der Waals surface area contributed by atoms with Gasteiger partial charge in [-0.3, -0.25) is 0 Å². The van der Waals surface area contributed by atoms with Crippen molar-refractivity contribution < 1.29 is 0 Å². The summed E-state index contributed by atoms with van der Waals surface area (Å²) in [5, 5.41) is 3.64. The Bertz CT molecular complexity index is 381. The van der Waals surface area contributed by atoms with E-state index in [1.54, 1.807) is 0 Å². The highest BCUT2D eigenvalue weighted by Gasteiger charge is 2.11. The Labute approximate surface area is 143 Å². The van der Waals surface area contributed by atoms with Crippen LogP contribution in [0.5, 0.6) is 0 Å². The fraction of sp³-hybridized carbons (Fsp3) is 0.667. The molecule has 21 heavy (non-hydrogen) atoms. The van der Waals surface area contributed by atoms with Crippen LogP contribution in [0.1, 0.15) is 39.2 Å². The number of hydrogen-bond acceptors (Lipinski definition) is 2. The van der Waals surface area contributed by atoms with E-state index in [-0.39, 0.29) is 0 Å². The third-order valence-electron chi connectivity index (χ3n) is 3.56. The van der Waals surface area contributed by atoms with E-state index in [2.05, 4.69) is 78.0 Å². The average Bonchev–Trinajstić information content (AvgIpc) is 2.45. The Morgan fingerprint density at radius 2 is 1.95 bits per heavy atom. The van der Waals surface area contributed by atoms with Crippen molar-refractivity contribution in [3.63, 3.8) is 0 Å². The van der Waals surface area contributed by atoms with E-state index in [1.165, 1.54) is 40.8 Å². The molecular weight excluding hydrogens is 342 g/mol. The van der Waals surface area contributed by atoms with Crippen LogP contribution in [-0.2, 0) is 6.42 Å². The molecule has 0 spiro atoms. The Kier molecular flexibility index (Phi) is 10.5. The summed E-state index contributed by atoms with van der Waals surface area (Å²) in [6.07, 6.45) is 3.82. The summed E-state index contributed by atoms with van der Waals surface area (Å²) in [7, 11) is 0. The molecule has 1 unspecified atom stereocenters. The standard InChI is InChI=1S/C18H30BrNS/c1-4-21-11-7-8-16(14-20-13-15(2)3)12-17-9-5-6-10-18(17)19/h5-6,9-10,15-16,20H,4,7-8,11-14H2,1-3H3. The summed E-state index contributed by atoms with van der Waals surface area (Å²) in [5.74, 6) is 4.00. The third-order valence-corrected chi connectivity index (χ3v) is 5.32. The zero-order valence-electron chi connectivity index (χ0n) is 13.7. The fourth-order valence-corrected chi connectivity index (χ4v) is 3.55. The molecule has 1 atom stereocenters. The lowest BCUT2D eigenvalue weighted by molar-refractivity contribution is 0.421. The molecule has 0 amide bonds. The predicted octanol–water partition coefficient (Wildman–Crippen LogP) is 5.39. The second kappa shape index (κ2) is 11.6. The highest BCUT2D eigenvalue weighted by molar-refractivity contribution is 9.10. The first-order valence-electron chi connectivity index (χ1n) is 8.15. The maximum Gasteiger partial charge on any atom is 0.0207 e. The van der Waals surface area contributed by atoms with Crippen molar-refractivity contribution >= 4 is 27.7 Å². The quantitative estimate of drug-likeness (QED) is 0.523. The van der Waals surface area contributed by atoms with Crippen molar-refractivity contribution in [3.05, 3.63) is 34.3 Å². The lowest BCUT2D eigenvalue weighted by atomic mass is 9.95. The zero-order valence-corrected chi connectivity index (χ0v) is 16.1. The fourth-order valence-electron chi connectivity index (χ4n) is 2.45. The molecule has 0 radical (unpaired) electrons. The van der Waals surface area contributed by atoms with Gasteiger partial charge in [0.2, 0.25) is 0 Å². The number of thioether (sulfide) groups is 1. The molecule has 1 nitrogen and oxygen atoms in total. The van der Waals surface area contributed by atoms with E-state index >= 15 is 0 Å². The molecule has 0 saturated heterocycles. The zero-order chi connectivity index (χ0) is 15.5. The van der Waals surface area contributed by atoms with Crippen molar-refractivity contribution in [2.75, 3.05) is 24.6 Å². The lowest BCUT2D eigenvalue weighted by Crippen LogP contribution is -2.27. The van der Waals surface area contributed by atoms with Crippen molar-refractivity contribution in [2.45, 2.75) is 40.0 Å². The summed E-state index contributed by atoms with van der Waals surface area (Å²) in [6, 6.07) is 8.64. The number of nitrogens with one attached hydrogen (secondary N) is 1. The van der Waals surface area contributed by atoms with Gasteiger partial charge in [-0.15, -0.1) is 0 Å². The molecule has 1 aromatic carbocycles. The summed E-state index contributed by atoms with van der Waals surface area (Å²) in [4.78, 5) is 0. The van der Waals surface area contributed by atoms with Crippen LogP contribution in [0.15, 0.2) is 28.7 Å². The van der Waals surface area contributed by atoms with Gasteiger partial charge in [0.05, 0.1) is 0 Å². The van der Waals surface area contributed by atoms with Crippen LogP contribution in [0.3, 0.4) is 0 Å². The largest absolute Gasteiger partial charge is 0.316 e. The first kappa shape index (κ1) is 19.1. The molecule has 3 heteroatoms. The molecule has 0 fully saturated rings. The van der Waals surface area contributed by atoms with Crippen molar-refractivity contribution in [3.8, 4) is 0 Å². The van der Waals surface area contributed by atoms with Gasteiger partial charge >= 0.3 is 0 Å². The number of halogens is 1. The van der Waals surface area contributed by atoms with Gasteiger partial charge in [-0.25, -0.2) is 0 Å². The van der Waals surface area contributed by atoms with Gasteiger partial charge in [-0.2, -0.15) is 11.8 Å². The lowest BCUT2D eigenvalue weighted by Gasteiger charge is -2.19. The average molecular weight is 372 g/mol. The molecule has 0 bridgehead atoms. The second-order valence-corrected chi connectivity index (χ2v) is 8.30. The van der Waals surface area contributed by atoms with Crippen LogP contribution in [0.25, 0.3) is 0 Å². The minimum atomic E-state index is 0.727. The van der Waals surface area contributed by atoms with Crippen LogP contribution in [0.2, 0.25) is 0 Å². The molecule has 1 N–H and O–H groups in total. The third kappa shape index (κ3) is 8.90. The van der Waals surface area contributed by atoms with Gasteiger partial charge in [0, 0.05) is 4.47 Å². The number of benzene rings is 1. The minimum absolute atomic E-state index is 0.727. The van der Waals surface area contributed by atoms with Gasteiger partial charge in [0.1, 0.15) is 0 Å². The molecule has 0 aliphatic rings. The van der Waals surface area contributed by atoms with Crippen LogP contribution in [-0.4, -0.2) is 24.6 Å². The van der Waals surface area contributed by atoms with Gasteiger partial charge in [-0.05, 0) is 67.3 Å². The van der Waals surface area contributed by atoms with E-state index in [0.29, 0.717) is 0 Å². The first-order valence-corrected chi connectivity index (χ1v) is 10.1. The Hall–Kier alpha value is 0.01000. The highest BCUT2D eigenvalue weighted by atomic mass is 79.9. The Balaban J connectivity index is 2.47. The van der Waals surface area contributed by atoms with E-state index in [0.717, 1.165) is 24.9 Å². The molecule has 0 saturated carbocycles. The Morgan fingerprint density at radius 3 is 2.62 bits per heavy atom. The second-order valence-electron chi connectivity index (χ2n) is 6.05. The predicted molar refractivity (Wildman–Crippen MR) is 101 cm³/mol. The van der Waals surface area contributed by atoms with Crippen LogP contribution < -0.4 is 5.32 Å². The molecule has 1 aromatic rings. The minimum Gasteiger partial charge on any atom is -0.316 e. The van der Waals surface area contributed by atoms with Crippen LogP contribution >= 0.6 is 27.7 Å². The van der Waals surface area contributed by atoms with Gasteiger partial charge in [-0.1, -0.05) is 54.9 Å². The first-order chi connectivity index (χ1) is 10.1. The summed E-state index contributed by atoms with van der Waals surface area (Å²) >= 11 is 5.74. The van der Waals surface area contributed by atoms with Crippen LogP contribution in [0.4, 0.5) is 0 Å². The van der Waals surface area contributed by atoms with Crippen molar-refractivity contribution in [2.24, 2.45) is 11.8 Å². The van der Waals surface area contributed by atoms with Crippen molar-refractivity contribution in [1.29, 1.82) is 0 Å². The topological polar surface area (TPSA) is 12.0 Å². The van der Waals surface area contributed by atoms with E-state index in [1.807, 2.05) is 0 Å². The smallest absolute Gasteiger partial charge is 0.0207 e. The molecule has 0 heterocycles. The highest BCUT2D eigenvalue weighted by Crippen LogP contribution is 2.22. The number of hydrogen-bond donors (Lipinski definition) is 1. The SMILES string of the molecule is CCSCCCC(CNCC(C)C)Cc1ccccc1Br. The van der Waals surface area contributed by atoms with Crippen LogP contribution in [0, 0.1) is 11.8 Å². The maximum atomic E-state index is 3.68. The van der Waals surface area contributed by atoms with Gasteiger partial charge < -0.3 is 5.32 Å². The summed E-state index contributed by atoms with van der Waals surface area (Å²) < 4.78 is 1.25. The molecule has 0 aromatic heterocycles. The molecule has 1 rings (SSSR count). The summed E-state index contributed by atoms with van der Waals surface area (Å²) in [5.41, 5.74) is 1.44. The van der Waals surface area contributed by atoms with E-state index < -0.39 is 0 Å². The molecule has 0 aliphatic carbocycles. The van der Waals surface area contributed by atoms with Gasteiger partial charge in [0.25, 0.3) is 0 Å². The van der Waals surface area contributed by atoms with Gasteiger partial charge in [0.15, 0.2) is 0 Å². The molecule has 120 valence electrons. The van der Waals surface area contributed by atoms with E-state index in [9.17, 15) is 0 Å². The Morgan fingerprint density at radius 1 is 1.19 bits per heavy atom. The van der Waals surface area contributed by atoms with E-state index in [4.69, 9.17) is 0 Å². The van der Waals surface area contributed by atoms with Crippen molar-refractivity contribution in [1.82, 2.24) is 5.32 Å².